The average molecular weight is 509 g/mol. The minimum atomic E-state index is -0.920. The maximum absolute atomic E-state index is 13.0. The van der Waals surface area contributed by atoms with Gasteiger partial charge in [0.15, 0.2) is 10.8 Å². The van der Waals surface area contributed by atoms with Gasteiger partial charge in [-0.1, -0.05) is 39.9 Å². The Balaban J connectivity index is 1.55. The topological polar surface area (TPSA) is 160 Å². The van der Waals surface area contributed by atoms with Gasteiger partial charge in [0.25, 0.3) is 11.8 Å². The van der Waals surface area contributed by atoms with Crippen LogP contribution in [0, 0.1) is 0 Å². The molecule has 2 amide bonds. The van der Waals surface area contributed by atoms with Gasteiger partial charge in [-0.25, -0.2) is 9.78 Å². The molecule has 4 rings (SSSR count). The summed E-state index contributed by atoms with van der Waals surface area (Å²) in [5, 5.41) is 14.9. The normalized spacial score (nSPS) is 20.2. The summed E-state index contributed by atoms with van der Waals surface area (Å²) in [6.45, 7) is 0. The molecule has 2 aromatic heterocycles. The average Bonchev–Trinajstić information content (AvgIpc) is 3.15. The van der Waals surface area contributed by atoms with E-state index in [1.807, 2.05) is 0 Å². The lowest BCUT2D eigenvalue weighted by Gasteiger charge is -2.50. The number of nitrogen functional groups attached to an aromatic ring is 1. The summed E-state index contributed by atoms with van der Waals surface area (Å²) >= 11 is 8.27. The van der Waals surface area contributed by atoms with Crippen molar-refractivity contribution in [1.82, 2.24) is 20.2 Å². The highest BCUT2D eigenvalue weighted by atomic mass is 35.5. The van der Waals surface area contributed by atoms with E-state index in [0.717, 1.165) is 16.2 Å². The van der Waals surface area contributed by atoms with Gasteiger partial charge in [0.2, 0.25) is 0 Å². The molecule has 0 spiro atoms. The smallest absolute Gasteiger partial charge is 0.355 e. The van der Waals surface area contributed by atoms with Crippen molar-refractivity contribution in [2.45, 2.75) is 29.8 Å². The highest BCUT2D eigenvalue weighted by Crippen LogP contribution is 2.43. The second kappa shape index (κ2) is 9.37. The number of methoxy groups -OCH3 is 1. The number of halogens is 1. The molecule has 172 valence electrons. The summed E-state index contributed by atoms with van der Waals surface area (Å²) in [5.74, 6) is -1.97. The predicted octanol–water partition coefficient (Wildman–Crippen LogP) is 1.62. The molecule has 11 nitrogen and oxygen atoms in total. The summed E-state index contributed by atoms with van der Waals surface area (Å²) < 4.78 is 4.99. The van der Waals surface area contributed by atoms with Crippen LogP contribution in [0.15, 0.2) is 45.2 Å². The summed E-state index contributed by atoms with van der Waals surface area (Å²) in [6.07, 6.45) is 4.26. The fourth-order valence-corrected chi connectivity index (χ4v) is 5.61. The van der Waals surface area contributed by atoms with Crippen molar-refractivity contribution in [3.8, 4) is 0 Å². The molecule has 2 aromatic rings. The monoisotopic (exact) mass is 508 g/mol. The van der Waals surface area contributed by atoms with Crippen molar-refractivity contribution in [3.63, 3.8) is 0 Å². The number of nitrogens with one attached hydrogen (secondary N) is 1. The number of hydrogen-bond acceptors (Lipinski definition) is 11. The van der Waals surface area contributed by atoms with Crippen LogP contribution in [0.5, 0.6) is 0 Å². The number of nitrogens with zero attached hydrogens (tertiary/aromatic N) is 4. The summed E-state index contributed by atoms with van der Waals surface area (Å²) in [5.41, 5.74) is 5.18. The van der Waals surface area contributed by atoms with Crippen LogP contribution in [0.2, 0.25) is 4.34 Å². The molecule has 4 heterocycles. The van der Waals surface area contributed by atoms with E-state index in [1.165, 1.54) is 23.8 Å². The van der Waals surface area contributed by atoms with Gasteiger partial charge in [-0.3, -0.25) is 19.5 Å². The second-order valence-electron chi connectivity index (χ2n) is 6.94. The van der Waals surface area contributed by atoms with Gasteiger partial charge in [0.1, 0.15) is 21.8 Å². The standard InChI is InChI=1S/C19H17ClN6O5S2/c1-31-18(29)14-10(32-8-4-6-22-7-5-8)3-2-9-11(17(28)26(9)14)23-16(27)13(25-30)12-15(20)33-19(21)24-12/h4-7,9,11,30H,2-3H2,1H3,(H2,21,24)(H,23,27)/b25-13-/t9?,11-/m0/s1. The van der Waals surface area contributed by atoms with Gasteiger partial charge in [0, 0.05) is 22.2 Å². The Morgan fingerprint density at radius 1 is 1.42 bits per heavy atom. The zero-order valence-corrected chi connectivity index (χ0v) is 19.4. The Labute approximate surface area is 200 Å². The van der Waals surface area contributed by atoms with E-state index in [2.05, 4.69) is 20.4 Å². The number of pyridine rings is 1. The van der Waals surface area contributed by atoms with Crippen molar-refractivity contribution in [2.24, 2.45) is 5.16 Å². The first-order valence-electron chi connectivity index (χ1n) is 9.53. The Kier molecular flexibility index (Phi) is 6.54. The largest absolute Gasteiger partial charge is 0.464 e. The molecule has 0 aliphatic carbocycles. The second-order valence-corrected chi connectivity index (χ2v) is 9.74. The van der Waals surface area contributed by atoms with Crippen LogP contribution in [0.4, 0.5) is 5.13 Å². The van der Waals surface area contributed by atoms with Crippen LogP contribution < -0.4 is 11.1 Å². The Morgan fingerprint density at radius 2 is 2.15 bits per heavy atom. The third-order valence-corrected chi connectivity index (χ3v) is 7.33. The number of anilines is 1. The van der Waals surface area contributed by atoms with Crippen molar-refractivity contribution in [1.29, 1.82) is 0 Å². The molecular weight excluding hydrogens is 492 g/mol. The molecule has 0 radical (unpaired) electrons. The number of nitrogens with two attached hydrogens (primary N) is 1. The van der Waals surface area contributed by atoms with E-state index in [4.69, 9.17) is 22.1 Å². The minimum Gasteiger partial charge on any atom is -0.464 e. The predicted molar refractivity (Wildman–Crippen MR) is 121 cm³/mol. The zero-order chi connectivity index (χ0) is 23.7. The molecule has 2 aliphatic rings. The molecule has 2 atom stereocenters. The molecule has 4 N–H and O–H groups in total. The maximum Gasteiger partial charge on any atom is 0.355 e. The van der Waals surface area contributed by atoms with Crippen LogP contribution in [0.1, 0.15) is 18.5 Å². The minimum absolute atomic E-state index is 0.0726. The summed E-state index contributed by atoms with van der Waals surface area (Å²) in [7, 11) is 1.24. The molecule has 1 fully saturated rings. The molecule has 1 unspecified atom stereocenters. The number of carbonyl (C=O) groups excluding carboxylic acids is 3. The van der Waals surface area contributed by atoms with Crippen molar-refractivity contribution in [3.05, 3.63) is 45.2 Å². The number of carbonyl (C=O) groups is 3. The molecule has 0 bridgehead atoms. The number of fused-ring (bicyclic) bond motifs is 1. The number of allylic oxidation sites excluding steroid dienone is 1. The van der Waals surface area contributed by atoms with Crippen molar-refractivity contribution >= 4 is 63.3 Å². The molecule has 33 heavy (non-hydrogen) atoms. The van der Waals surface area contributed by atoms with Crippen LogP contribution >= 0.6 is 34.7 Å². The number of esters is 1. The van der Waals surface area contributed by atoms with Gasteiger partial charge in [-0.05, 0) is 25.0 Å². The molecule has 2 aliphatic heterocycles. The highest BCUT2D eigenvalue weighted by molar-refractivity contribution is 8.03. The summed E-state index contributed by atoms with van der Waals surface area (Å²) in [4.78, 5) is 49.0. The van der Waals surface area contributed by atoms with E-state index in [-0.39, 0.29) is 20.9 Å². The molecule has 14 heteroatoms. The number of amides is 2. The van der Waals surface area contributed by atoms with Crippen molar-refractivity contribution < 1.29 is 24.3 Å². The Hall–Kier alpha value is -3.16. The van der Waals surface area contributed by atoms with Crippen LogP contribution in [0.3, 0.4) is 0 Å². The lowest BCUT2D eigenvalue weighted by Crippen LogP contribution is -2.72. The SMILES string of the molecule is COC(=O)C1=C(Sc2ccncc2)CCC2[C@H](NC(=O)/C(=N\O)c3nc(N)sc3Cl)C(=O)N12. The quantitative estimate of drug-likeness (QED) is 0.173. The van der Waals surface area contributed by atoms with E-state index in [1.54, 1.807) is 24.5 Å². The number of ether oxygens (including phenoxy) is 1. The summed E-state index contributed by atoms with van der Waals surface area (Å²) in [6, 6.07) is 2.21. The van der Waals surface area contributed by atoms with Gasteiger partial charge in [0.05, 0.1) is 13.2 Å². The van der Waals surface area contributed by atoms with Crippen LogP contribution in [-0.2, 0) is 19.1 Å². The van der Waals surface area contributed by atoms with Crippen LogP contribution in [-0.4, -0.2) is 62.8 Å². The number of oxime groups is 1. The van der Waals surface area contributed by atoms with Gasteiger partial charge in [-0.15, -0.1) is 0 Å². The third-order valence-electron chi connectivity index (χ3n) is 5.09. The first-order chi connectivity index (χ1) is 15.8. The molecule has 0 aromatic carbocycles. The third kappa shape index (κ3) is 4.26. The number of aromatic nitrogens is 2. The highest BCUT2D eigenvalue weighted by Gasteiger charge is 2.54. The van der Waals surface area contributed by atoms with Crippen molar-refractivity contribution in [2.75, 3.05) is 12.8 Å². The number of thioether (sulfide) groups is 1. The first kappa shape index (κ1) is 23.0. The van der Waals surface area contributed by atoms with Crippen LogP contribution in [0.25, 0.3) is 0 Å². The van der Waals surface area contributed by atoms with Gasteiger partial charge in [-0.2, -0.15) is 0 Å². The maximum atomic E-state index is 13.0. The fraction of sp³-hybridized carbons (Fsp3) is 0.263. The zero-order valence-electron chi connectivity index (χ0n) is 17.0. The van der Waals surface area contributed by atoms with E-state index < -0.39 is 35.6 Å². The van der Waals surface area contributed by atoms with E-state index >= 15 is 0 Å². The first-order valence-corrected chi connectivity index (χ1v) is 11.5. The molecule has 0 saturated carbocycles. The Bertz CT molecular complexity index is 1180. The van der Waals surface area contributed by atoms with Gasteiger partial charge < -0.3 is 21.0 Å². The number of thiazole rings is 1. The number of β-lactam (4-membered cyclic amide) rings is 1. The molecule has 1 saturated heterocycles. The van der Waals surface area contributed by atoms with E-state index in [9.17, 15) is 19.6 Å². The van der Waals surface area contributed by atoms with Gasteiger partial charge >= 0.3 is 5.97 Å². The number of rotatable bonds is 6. The fourth-order valence-electron chi connectivity index (χ4n) is 3.64. The molecular formula is C19H17ClN6O5S2. The number of hydrogen-bond donors (Lipinski definition) is 3. The lowest BCUT2D eigenvalue weighted by atomic mass is 9.86. The Morgan fingerprint density at radius 3 is 2.76 bits per heavy atom. The van der Waals surface area contributed by atoms with E-state index in [0.29, 0.717) is 17.7 Å². The lowest BCUT2D eigenvalue weighted by molar-refractivity contribution is -0.156.